The third-order valence-corrected chi connectivity index (χ3v) is 8.25. The van der Waals surface area contributed by atoms with Gasteiger partial charge in [-0.1, -0.05) is 58.4 Å². The lowest BCUT2D eigenvalue weighted by atomic mass is 9.72. The van der Waals surface area contributed by atoms with Gasteiger partial charge in [0.1, 0.15) is 6.10 Å². The minimum atomic E-state index is -4.96. The normalized spacial score (nSPS) is 20.4. The molecule has 1 heterocycles. The highest BCUT2D eigenvalue weighted by molar-refractivity contribution is 9.10. The number of fused-ring (bicyclic) bond motifs is 1. The summed E-state index contributed by atoms with van der Waals surface area (Å²) < 4.78 is 50.2. The average Bonchev–Trinajstić information content (AvgIpc) is 2.95. The van der Waals surface area contributed by atoms with E-state index in [2.05, 4.69) is 26.0 Å². The third kappa shape index (κ3) is 6.61. The topological polar surface area (TPSA) is 97.8 Å². The molecule has 3 unspecified atom stereocenters. The first kappa shape index (κ1) is 30.3. The number of hydrogen-bond acceptors (Lipinski definition) is 5. The zero-order chi connectivity index (χ0) is 30.9. The largest absolute Gasteiger partial charge is 0.573 e. The van der Waals surface area contributed by atoms with Crippen molar-refractivity contribution in [2.24, 2.45) is 5.41 Å². The highest BCUT2D eigenvalue weighted by atomic mass is 79.9. The molecule has 7 nitrogen and oxygen atoms in total. The van der Waals surface area contributed by atoms with Crippen LogP contribution in [-0.4, -0.2) is 40.5 Å². The van der Waals surface area contributed by atoms with Crippen LogP contribution >= 0.6 is 15.9 Å². The van der Waals surface area contributed by atoms with Crippen LogP contribution in [0.15, 0.2) is 77.3 Å². The maximum atomic E-state index is 14.1. The van der Waals surface area contributed by atoms with E-state index in [0.717, 1.165) is 16.1 Å². The lowest BCUT2D eigenvalue weighted by Gasteiger charge is -2.40. The molecule has 0 aliphatic heterocycles. The van der Waals surface area contributed by atoms with E-state index in [9.17, 15) is 27.9 Å². The minimum Gasteiger partial charge on any atom is -0.484 e. The summed E-state index contributed by atoms with van der Waals surface area (Å²) in [6.07, 6.45) is -5.53. The Morgan fingerprint density at radius 3 is 2.40 bits per heavy atom. The van der Waals surface area contributed by atoms with Gasteiger partial charge >= 0.3 is 12.3 Å². The van der Waals surface area contributed by atoms with Gasteiger partial charge in [0, 0.05) is 21.8 Å². The molecule has 1 fully saturated rings. The Balaban J connectivity index is 1.53. The average molecular weight is 657 g/mol. The molecule has 2 N–H and O–H groups in total. The molecule has 1 aliphatic rings. The zero-order valence-corrected chi connectivity index (χ0v) is 24.8. The molecule has 0 radical (unpaired) electrons. The van der Waals surface area contributed by atoms with Crippen molar-refractivity contribution in [1.29, 1.82) is 0 Å². The van der Waals surface area contributed by atoms with Gasteiger partial charge in [-0.25, -0.2) is 4.98 Å². The first-order valence-corrected chi connectivity index (χ1v) is 14.3. The van der Waals surface area contributed by atoms with Crippen molar-refractivity contribution in [1.82, 2.24) is 10.3 Å². The van der Waals surface area contributed by atoms with Crippen LogP contribution in [0.1, 0.15) is 42.1 Å². The Labute approximate surface area is 254 Å². The molecule has 5 rings (SSSR count). The monoisotopic (exact) mass is 656 g/mol. The summed E-state index contributed by atoms with van der Waals surface area (Å²) in [5.41, 5.74) is 1.88. The molecule has 1 saturated carbocycles. The van der Waals surface area contributed by atoms with Crippen LogP contribution in [0, 0.1) is 12.3 Å². The number of rotatable bonds is 7. The maximum Gasteiger partial charge on any atom is 0.573 e. The van der Waals surface area contributed by atoms with Crippen LogP contribution in [0.5, 0.6) is 11.5 Å². The number of pyridine rings is 1. The number of carbonyl (C=O) groups is 2. The lowest BCUT2D eigenvalue weighted by molar-refractivity contribution is -0.275. The van der Waals surface area contributed by atoms with Crippen molar-refractivity contribution in [3.05, 3.63) is 88.4 Å². The molecule has 1 aliphatic carbocycles. The summed E-state index contributed by atoms with van der Waals surface area (Å²) in [4.78, 5) is 31.1. The van der Waals surface area contributed by atoms with Crippen molar-refractivity contribution < 1.29 is 37.3 Å². The number of benzene rings is 3. The summed E-state index contributed by atoms with van der Waals surface area (Å²) >= 11 is 3.48. The molecule has 1 aromatic heterocycles. The van der Waals surface area contributed by atoms with E-state index in [1.807, 2.05) is 49.4 Å². The van der Waals surface area contributed by atoms with Gasteiger partial charge in [-0.2, -0.15) is 0 Å². The van der Waals surface area contributed by atoms with Gasteiger partial charge in [0.05, 0.1) is 28.2 Å². The molecule has 3 aromatic carbocycles. The summed E-state index contributed by atoms with van der Waals surface area (Å²) in [6.45, 7) is 3.37. The molecular formula is C32H28BrF3N2O5. The number of carboxylic acid groups (broad SMARTS) is 1. The van der Waals surface area contributed by atoms with E-state index >= 15 is 0 Å². The zero-order valence-electron chi connectivity index (χ0n) is 23.2. The predicted molar refractivity (Wildman–Crippen MR) is 158 cm³/mol. The Bertz CT molecular complexity index is 1680. The minimum absolute atomic E-state index is 0.0511. The number of para-hydroxylation sites is 2. The number of nitrogens with one attached hydrogen (secondary N) is 1. The van der Waals surface area contributed by atoms with Crippen molar-refractivity contribution in [3.8, 4) is 22.8 Å². The van der Waals surface area contributed by atoms with E-state index in [-0.39, 0.29) is 25.0 Å². The van der Waals surface area contributed by atoms with Crippen LogP contribution in [0.3, 0.4) is 0 Å². The number of aromatic nitrogens is 1. The molecule has 43 heavy (non-hydrogen) atoms. The highest BCUT2D eigenvalue weighted by Gasteiger charge is 2.45. The second-order valence-corrected chi connectivity index (χ2v) is 11.7. The number of nitrogens with zero attached hydrogens (tertiary/aromatic N) is 1. The summed E-state index contributed by atoms with van der Waals surface area (Å²) in [5, 5.41) is 13.6. The molecule has 0 saturated heterocycles. The van der Waals surface area contributed by atoms with Crippen LogP contribution in [-0.2, 0) is 4.79 Å². The first-order chi connectivity index (χ1) is 20.3. The van der Waals surface area contributed by atoms with E-state index in [4.69, 9.17) is 9.72 Å². The van der Waals surface area contributed by atoms with Crippen LogP contribution in [0.4, 0.5) is 13.2 Å². The summed E-state index contributed by atoms with van der Waals surface area (Å²) in [6, 6.07) is 19.5. The fourth-order valence-electron chi connectivity index (χ4n) is 5.49. The predicted octanol–water partition coefficient (Wildman–Crippen LogP) is 7.69. The van der Waals surface area contributed by atoms with E-state index in [0.29, 0.717) is 27.7 Å². The quantitative estimate of drug-likeness (QED) is 0.212. The van der Waals surface area contributed by atoms with Crippen LogP contribution < -0.4 is 14.8 Å². The summed E-state index contributed by atoms with van der Waals surface area (Å²) in [7, 11) is 0. The number of amides is 1. The van der Waals surface area contributed by atoms with E-state index in [1.165, 1.54) is 18.2 Å². The van der Waals surface area contributed by atoms with Crippen molar-refractivity contribution in [2.45, 2.75) is 51.6 Å². The first-order valence-electron chi connectivity index (χ1n) is 13.6. The van der Waals surface area contributed by atoms with Gasteiger partial charge in [-0.15, -0.1) is 13.2 Å². The molecule has 3 atom stereocenters. The fourth-order valence-corrected chi connectivity index (χ4v) is 5.85. The number of halogens is 4. The second kappa shape index (κ2) is 11.9. The Morgan fingerprint density at radius 1 is 1.05 bits per heavy atom. The lowest BCUT2D eigenvalue weighted by Crippen LogP contribution is -2.53. The van der Waals surface area contributed by atoms with E-state index < -0.39 is 41.5 Å². The van der Waals surface area contributed by atoms with Gasteiger partial charge in [-0.05, 0) is 62.6 Å². The fraction of sp³-hybridized carbons (Fsp3) is 0.281. The van der Waals surface area contributed by atoms with Crippen LogP contribution in [0.25, 0.3) is 22.2 Å². The highest BCUT2D eigenvalue weighted by Crippen LogP contribution is 2.41. The Morgan fingerprint density at radius 2 is 1.72 bits per heavy atom. The van der Waals surface area contributed by atoms with Gasteiger partial charge in [0.15, 0.2) is 11.5 Å². The van der Waals surface area contributed by atoms with Gasteiger partial charge in [0.2, 0.25) is 0 Å². The number of carboxylic acids is 1. The third-order valence-electron chi connectivity index (χ3n) is 7.76. The number of aliphatic carboxylic acids is 1. The second-order valence-electron chi connectivity index (χ2n) is 10.8. The number of carbonyl (C=O) groups excluding carboxylic acids is 1. The van der Waals surface area contributed by atoms with Crippen molar-refractivity contribution in [2.75, 3.05) is 0 Å². The molecule has 0 bridgehead atoms. The van der Waals surface area contributed by atoms with Gasteiger partial charge in [0.25, 0.3) is 5.91 Å². The number of ether oxygens (including phenoxy) is 2. The van der Waals surface area contributed by atoms with Crippen molar-refractivity contribution >= 4 is 38.7 Å². The molecule has 4 aromatic rings. The molecule has 224 valence electrons. The smallest absolute Gasteiger partial charge is 0.484 e. The standard InChI is InChI=1S/C32H28BrF3N2O5/c1-18-27(21-16-20(33)12-13-22(21)37-28(18)19-8-4-3-5-9-19)29(39)38-23-14-15-31(2,30(40)41)17-26(23)42-24-10-6-7-11-25(24)43-32(34,35)36/h3-13,16,23,26H,14-15,17H2,1-2H3,(H,38,39)(H,40,41). The number of hydrogen-bond donors (Lipinski definition) is 2. The van der Waals surface area contributed by atoms with Gasteiger partial charge in [-0.3, -0.25) is 9.59 Å². The Hall–Kier alpha value is -4.12. The van der Waals surface area contributed by atoms with Crippen LogP contribution in [0.2, 0.25) is 0 Å². The van der Waals surface area contributed by atoms with Crippen molar-refractivity contribution in [3.63, 3.8) is 0 Å². The van der Waals surface area contributed by atoms with Gasteiger partial charge < -0.3 is 19.9 Å². The van der Waals surface area contributed by atoms with E-state index in [1.54, 1.807) is 13.0 Å². The number of alkyl halides is 3. The molecule has 1 amide bonds. The molecule has 11 heteroatoms. The SMILES string of the molecule is Cc1c(-c2ccccc2)nc2ccc(Br)cc2c1C(=O)NC1CCC(C)(C(=O)O)CC1Oc1ccccc1OC(F)(F)F. The summed E-state index contributed by atoms with van der Waals surface area (Å²) in [5.74, 6) is -2.26. The maximum absolute atomic E-state index is 14.1. The molecule has 0 spiro atoms. The molecular weight excluding hydrogens is 629 g/mol. The Kier molecular flexibility index (Phi) is 8.38.